The van der Waals surface area contributed by atoms with Gasteiger partial charge < -0.3 is 40.4 Å². The number of hydrogen-bond acceptors (Lipinski definition) is 10. The first kappa shape index (κ1) is 24.4. The number of guanidine groups is 1. The zero-order chi connectivity index (χ0) is 24.2. The number of carbonyl (C=O) groups excluding carboxylic acids is 2. The van der Waals surface area contributed by atoms with Gasteiger partial charge >= 0.3 is 12.1 Å². The van der Waals surface area contributed by atoms with E-state index in [1.54, 1.807) is 24.3 Å². The monoisotopic (exact) mass is 474 g/mol. The Morgan fingerprint density at radius 3 is 2.79 bits per heavy atom. The van der Waals surface area contributed by atoms with Gasteiger partial charge in [-0.1, -0.05) is 30.3 Å². The summed E-state index contributed by atoms with van der Waals surface area (Å²) in [6.45, 7) is 2.15. The number of alkyl carbamates (subject to hydrolysis) is 1. The van der Waals surface area contributed by atoms with E-state index in [-0.39, 0.29) is 18.2 Å². The molecule has 1 aliphatic heterocycles. The molecule has 1 aliphatic rings. The van der Waals surface area contributed by atoms with Crippen LogP contribution in [0.1, 0.15) is 22.5 Å². The van der Waals surface area contributed by atoms with Gasteiger partial charge in [-0.2, -0.15) is 0 Å². The fourth-order valence-electron chi connectivity index (χ4n) is 2.80. The Morgan fingerprint density at radius 1 is 1.24 bits per heavy atom. The molecule has 0 radical (unpaired) electrons. The Kier molecular flexibility index (Phi) is 9.08. The van der Waals surface area contributed by atoms with Crippen LogP contribution in [-0.2, 0) is 16.1 Å². The van der Waals surface area contributed by atoms with E-state index in [0.717, 1.165) is 24.6 Å². The average Bonchev–Trinajstić information content (AvgIpc) is 3.53. The van der Waals surface area contributed by atoms with E-state index in [1.807, 2.05) is 6.07 Å². The fraction of sp³-hybridized carbons (Fsp3) is 0.381. The van der Waals surface area contributed by atoms with E-state index in [4.69, 9.17) is 14.0 Å². The van der Waals surface area contributed by atoms with E-state index in [0.29, 0.717) is 19.6 Å². The molecule has 13 nitrogen and oxygen atoms in total. The second-order valence-corrected chi connectivity index (χ2v) is 7.12. The number of rotatable bonds is 12. The Balaban J connectivity index is 1.36. The third-order valence-electron chi connectivity index (χ3n) is 4.52. The van der Waals surface area contributed by atoms with Crippen molar-refractivity contribution in [3.63, 3.8) is 0 Å². The number of hydrogen-bond donors (Lipinski definition) is 5. The molecule has 2 amide bonds. The lowest BCUT2D eigenvalue weighted by Crippen LogP contribution is -2.48. The highest BCUT2D eigenvalue weighted by Crippen LogP contribution is 2.11. The summed E-state index contributed by atoms with van der Waals surface area (Å²) in [6.07, 6.45) is -0.257. The zero-order valence-electron chi connectivity index (χ0n) is 18.3. The number of aliphatic imine (C=N–C) groups is 1. The molecular formula is C21H26N6O7. The topological polar surface area (TPSA) is 176 Å². The molecule has 5 N–H and O–H groups in total. The van der Waals surface area contributed by atoms with Crippen molar-refractivity contribution in [2.45, 2.75) is 19.1 Å². The second kappa shape index (κ2) is 12.7. The van der Waals surface area contributed by atoms with Gasteiger partial charge in [0.25, 0.3) is 11.8 Å². The van der Waals surface area contributed by atoms with Gasteiger partial charge in [-0.3, -0.25) is 9.79 Å². The van der Waals surface area contributed by atoms with Gasteiger partial charge in [0.1, 0.15) is 12.6 Å². The number of benzene rings is 1. The first-order valence-electron chi connectivity index (χ1n) is 10.6. The summed E-state index contributed by atoms with van der Waals surface area (Å²) in [5, 5.41) is 23.7. The summed E-state index contributed by atoms with van der Waals surface area (Å²) in [4.78, 5) is 39.8. The van der Waals surface area contributed by atoms with Crippen molar-refractivity contribution >= 4 is 23.9 Å². The molecule has 13 heteroatoms. The Hall–Kier alpha value is -4.29. The van der Waals surface area contributed by atoms with Gasteiger partial charge in [0.2, 0.25) is 5.76 Å². The molecule has 0 bridgehead atoms. The number of carboxylic acids is 1. The smallest absolute Gasteiger partial charge is 0.408 e. The van der Waals surface area contributed by atoms with Crippen LogP contribution in [0.15, 0.2) is 45.9 Å². The first-order valence-corrected chi connectivity index (χ1v) is 10.6. The minimum atomic E-state index is -1.41. The SMILES string of the molecule is O=C(N[C@@H](CNC(=O)c1cc(OCCCNC2=NCCN2)no1)C(=O)O)OCc1ccccc1. The number of aromatic nitrogens is 1. The van der Waals surface area contributed by atoms with E-state index in [1.165, 1.54) is 6.07 Å². The van der Waals surface area contributed by atoms with Gasteiger partial charge in [-0.05, 0) is 17.1 Å². The molecule has 2 aromatic rings. The van der Waals surface area contributed by atoms with Crippen molar-refractivity contribution in [2.24, 2.45) is 4.99 Å². The molecule has 34 heavy (non-hydrogen) atoms. The number of nitrogens with zero attached hydrogens (tertiary/aromatic N) is 2. The van der Waals surface area contributed by atoms with Gasteiger partial charge in [0, 0.05) is 19.6 Å². The molecule has 0 aliphatic carbocycles. The summed E-state index contributed by atoms with van der Waals surface area (Å²) in [5.74, 6) is -1.32. The molecule has 0 saturated heterocycles. The van der Waals surface area contributed by atoms with Gasteiger partial charge in [0.05, 0.1) is 19.2 Å². The number of nitrogens with one attached hydrogen (secondary N) is 4. The van der Waals surface area contributed by atoms with Crippen molar-refractivity contribution in [3.8, 4) is 5.88 Å². The Morgan fingerprint density at radius 2 is 2.06 bits per heavy atom. The summed E-state index contributed by atoms with van der Waals surface area (Å²) >= 11 is 0. The van der Waals surface area contributed by atoms with Crippen LogP contribution < -0.4 is 26.0 Å². The number of ether oxygens (including phenoxy) is 2. The maximum absolute atomic E-state index is 12.2. The van der Waals surface area contributed by atoms with Crippen LogP contribution in [0.3, 0.4) is 0 Å². The van der Waals surface area contributed by atoms with Crippen LogP contribution in [-0.4, -0.2) is 73.0 Å². The average molecular weight is 474 g/mol. The third-order valence-corrected chi connectivity index (χ3v) is 4.52. The van der Waals surface area contributed by atoms with Crippen LogP contribution in [0.4, 0.5) is 4.79 Å². The van der Waals surface area contributed by atoms with Crippen molar-refractivity contribution in [1.82, 2.24) is 26.4 Å². The van der Waals surface area contributed by atoms with Crippen molar-refractivity contribution in [2.75, 3.05) is 32.8 Å². The Bertz CT molecular complexity index is 995. The molecular weight excluding hydrogens is 448 g/mol. The van der Waals surface area contributed by atoms with Crippen LogP contribution >= 0.6 is 0 Å². The second-order valence-electron chi connectivity index (χ2n) is 7.12. The molecule has 1 atom stereocenters. The van der Waals surface area contributed by atoms with Crippen molar-refractivity contribution in [1.29, 1.82) is 0 Å². The highest BCUT2D eigenvalue weighted by molar-refractivity contribution is 5.92. The maximum atomic E-state index is 12.2. The van der Waals surface area contributed by atoms with Crippen LogP contribution in [0.5, 0.6) is 5.88 Å². The van der Waals surface area contributed by atoms with Gasteiger partial charge in [-0.25, -0.2) is 9.59 Å². The zero-order valence-corrected chi connectivity index (χ0v) is 18.3. The summed E-state index contributed by atoms with van der Waals surface area (Å²) < 4.78 is 15.4. The molecule has 0 fully saturated rings. The molecule has 1 aromatic heterocycles. The van der Waals surface area contributed by atoms with Gasteiger partial charge in [0.15, 0.2) is 5.96 Å². The van der Waals surface area contributed by atoms with E-state index in [9.17, 15) is 19.5 Å². The van der Waals surface area contributed by atoms with Crippen molar-refractivity contribution < 1.29 is 33.5 Å². The number of aliphatic carboxylic acids is 1. The predicted octanol–water partition coefficient (Wildman–Crippen LogP) is 0.102. The molecule has 182 valence electrons. The maximum Gasteiger partial charge on any atom is 0.408 e. The number of amides is 2. The molecule has 0 saturated carbocycles. The molecule has 0 spiro atoms. The first-order chi connectivity index (χ1) is 16.5. The lowest BCUT2D eigenvalue weighted by molar-refractivity contribution is -0.139. The molecule has 2 heterocycles. The van der Waals surface area contributed by atoms with E-state index < -0.39 is 30.6 Å². The summed E-state index contributed by atoms with van der Waals surface area (Å²) in [6, 6.07) is 8.80. The highest BCUT2D eigenvalue weighted by Gasteiger charge is 2.23. The summed E-state index contributed by atoms with van der Waals surface area (Å²) in [5.41, 5.74) is 0.748. The van der Waals surface area contributed by atoms with Crippen LogP contribution in [0.2, 0.25) is 0 Å². The third kappa shape index (κ3) is 8.00. The van der Waals surface area contributed by atoms with Crippen LogP contribution in [0.25, 0.3) is 0 Å². The van der Waals surface area contributed by atoms with Gasteiger partial charge in [-0.15, -0.1) is 0 Å². The molecule has 1 aromatic carbocycles. The normalized spacial score (nSPS) is 13.2. The minimum Gasteiger partial charge on any atom is -0.480 e. The number of carboxylic acid groups (broad SMARTS) is 1. The summed E-state index contributed by atoms with van der Waals surface area (Å²) in [7, 11) is 0. The Labute approximate surface area is 194 Å². The van der Waals surface area contributed by atoms with Crippen LogP contribution in [0, 0.1) is 0 Å². The van der Waals surface area contributed by atoms with Crippen molar-refractivity contribution in [3.05, 3.63) is 47.7 Å². The molecule has 0 unspecified atom stereocenters. The predicted molar refractivity (Wildman–Crippen MR) is 118 cm³/mol. The quantitative estimate of drug-likeness (QED) is 0.265. The minimum absolute atomic E-state index is 0.0199. The van der Waals surface area contributed by atoms with E-state index in [2.05, 4.69) is 31.4 Å². The highest BCUT2D eigenvalue weighted by atomic mass is 16.5. The lowest BCUT2D eigenvalue weighted by Gasteiger charge is -2.15. The lowest BCUT2D eigenvalue weighted by atomic mass is 10.2. The number of carbonyl (C=O) groups is 3. The fourth-order valence-corrected chi connectivity index (χ4v) is 2.80. The molecule has 3 rings (SSSR count). The largest absolute Gasteiger partial charge is 0.480 e. The standard InChI is InChI=1S/C21H26N6O7/c28-18(16-11-17(27-34-16)32-10-4-7-22-20-23-8-9-24-20)25-12-15(19(29)30)26-21(31)33-13-14-5-2-1-3-6-14/h1-3,5-6,11,15H,4,7-10,12-13H2,(H,25,28)(H,26,31)(H,29,30)(H2,22,23,24)/t15-/m0/s1. The van der Waals surface area contributed by atoms with E-state index >= 15 is 0 Å².